The summed E-state index contributed by atoms with van der Waals surface area (Å²) in [6.07, 6.45) is 0. The molecular formula is C15H20ClN5O2. The second kappa shape index (κ2) is 5.29. The third kappa shape index (κ3) is 2.29. The van der Waals surface area contributed by atoms with Crippen molar-refractivity contribution in [2.75, 3.05) is 26.3 Å². The minimum Gasteiger partial charge on any atom is -0.425 e. The number of rotatable bonds is 3. The minimum atomic E-state index is -0.197. The summed E-state index contributed by atoms with van der Waals surface area (Å²) in [5.41, 5.74) is 1.72. The molecule has 0 spiro atoms. The number of nitrogens with zero attached hydrogens (tertiary/aromatic N) is 5. The van der Waals surface area contributed by atoms with Crippen LogP contribution < -0.4 is 0 Å². The molecule has 4 heterocycles. The monoisotopic (exact) mass is 337 g/mol. The van der Waals surface area contributed by atoms with Gasteiger partial charge in [-0.25, -0.2) is 0 Å². The number of likely N-dealkylation sites (tertiary alicyclic amines) is 1. The van der Waals surface area contributed by atoms with Crippen LogP contribution in [0.2, 0.25) is 5.02 Å². The van der Waals surface area contributed by atoms with E-state index in [9.17, 15) is 0 Å². The van der Waals surface area contributed by atoms with Crippen molar-refractivity contribution in [3.05, 3.63) is 28.2 Å². The zero-order chi connectivity index (χ0) is 16.2. The van der Waals surface area contributed by atoms with Gasteiger partial charge in [0.2, 0.25) is 11.8 Å². The average Bonchev–Trinajstić information content (AvgIpc) is 3.22. The van der Waals surface area contributed by atoms with Gasteiger partial charge in [0.25, 0.3) is 0 Å². The Morgan fingerprint density at radius 3 is 2.83 bits per heavy atom. The summed E-state index contributed by atoms with van der Waals surface area (Å²) < 4.78 is 13.3. The normalized spacial score (nSPS) is 27.7. The maximum absolute atomic E-state index is 6.39. The molecule has 2 aliphatic heterocycles. The number of fused-ring (bicyclic) bond motifs is 1. The Hall–Kier alpha value is -1.44. The molecular weight excluding hydrogens is 318 g/mol. The number of halogens is 1. The van der Waals surface area contributed by atoms with Crippen LogP contribution in [0, 0.1) is 19.8 Å². The molecule has 2 aliphatic rings. The Labute approximate surface area is 139 Å². The van der Waals surface area contributed by atoms with E-state index in [4.69, 9.17) is 20.8 Å². The number of hydrogen-bond acceptors (Lipinski definition) is 6. The fourth-order valence-electron chi connectivity index (χ4n) is 3.72. The van der Waals surface area contributed by atoms with E-state index < -0.39 is 0 Å². The minimum absolute atomic E-state index is 0.197. The molecule has 0 amide bonds. The molecule has 0 aliphatic carbocycles. The van der Waals surface area contributed by atoms with E-state index in [1.165, 1.54) is 0 Å². The van der Waals surface area contributed by atoms with E-state index in [0.717, 1.165) is 42.7 Å². The van der Waals surface area contributed by atoms with E-state index in [0.29, 0.717) is 24.3 Å². The third-order valence-electron chi connectivity index (χ3n) is 5.10. The second-order valence-electron chi connectivity index (χ2n) is 6.63. The number of ether oxygens (including phenoxy) is 1. The molecule has 0 N–H and O–H groups in total. The van der Waals surface area contributed by atoms with Crippen LogP contribution in [0.4, 0.5) is 0 Å². The standard InChI is InChI=1S/C15H20ClN5O2/c1-9-13(16)12(19-20(9)3)5-21-4-11-6-22-8-15(11,7-21)14-18-17-10(2)23-14/h11H,4-8H2,1-3H3/t11-,15-/m0/s1. The van der Waals surface area contributed by atoms with Crippen LogP contribution in [0.25, 0.3) is 0 Å². The molecule has 124 valence electrons. The lowest BCUT2D eigenvalue weighted by molar-refractivity contribution is 0.139. The zero-order valence-electron chi connectivity index (χ0n) is 13.5. The van der Waals surface area contributed by atoms with Gasteiger partial charge in [0.1, 0.15) is 0 Å². The Balaban J connectivity index is 1.58. The van der Waals surface area contributed by atoms with E-state index >= 15 is 0 Å². The molecule has 0 radical (unpaired) electrons. The molecule has 2 aromatic rings. The highest BCUT2D eigenvalue weighted by molar-refractivity contribution is 6.31. The van der Waals surface area contributed by atoms with Crippen LogP contribution in [0.15, 0.2) is 4.42 Å². The lowest BCUT2D eigenvalue weighted by atomic mass is 9.81. The first-order chi connectivity index (χ1) is 11.0. The van der Waals surface area contributed by atoms with Crippen LogP contribution in [0.1, 0.15) is 23.2 Å². The van der Waals surface area contributed by atoms with Crippen molar-refractivity contribution in [2.45, 2.75) is 25.8 Å². The number of hydrogen-bond donors (Lipinski definition) is 0. The van der Waals surface area contributed by atoms with Crippen molar-refractivity contribution < 1.29 is 9.15 Å². The van der Waals surface area contributed by atoms with Crippen LogP contribution in [-0.2, 0) is 23.7 Å². The molecule has 8 heteroatoms. The molecule has 2 atom stereocenters. The molecule has 2 fully saturated rings. The third-order valence-corrected chi connectivity index (χ3v) is 5.59. The Kier molecular flexibility index (Phi) is 3.48. The van der Waals surface area contributed by atoms with Crippen molar-refractivity contribution in [1.82, 2.24) is 24.9 Å². The van der Waals surface area contributed by atoms with Crippen LogP contribution >= 0.6 is 11.6 Å². The van der Waals surface area contributed by atoms with Crippen LogP contribution in [0.5, 0.6) is 0 Å². The first-order valence-electron chi connectivity index (χ1n) is 7.78. The van der Waals surface area contributed by atoms with Gasteiger partial charge in [-0.15, -0.1) is 10.2 Å². The van der Waals surface area contributed by atoms with Crippen molar-refractivity contribution in [3.63, 3.8) is 0 Å². The predicted molar refractivity (Wildman–Crippen MR) is 83.3 cm³/mol. The predicted octanol–water partition coefficient (Wildman–Crippen LogP) is 1.47. The molecule has 0 unspecified atom stereocenters. The molecule has 23 heavy (non-hydrogen) atoms. The average molecular weight is 338 g/mol. The molecule has 2 saturated heterocycles. The van der Waals surface area contributed by atoms with E-state index in [1.807, 2.05) is 25.6 Å². The zero-order valence-corrected chi connectivity index (χ0v) is 14.3. The summed E-state index contributed by atoms with van der Waals surface area (Å²) in [5, 5.41) is 13.5. The van der Waals surface area contributed by atoms with E-state index in [1.54, 1.807) is 0 Å². The molecule has 0 aromatic carbocycles. The van der Waals surface area contributed by atoms with Crippen molar-refractivity contribution in [2.24, 2.45) is 13.0 Å². The maximum atomic E-state index is 6.39. The molecule has 4 rings (SSSR count). The van der Waals surface area contributed by atoms with Crippen molar-refractivity contribution >= 4 is 11.6 Å². The Morgan fingerprint density at radius 2 is 2.17 bits per heavy atom. The summed E-state index contributed by atoms with van der Waals surface area (Å²) in [6, 6.07) is 0. The highest BCUT2D eigenvalue weighted by atomic mass is 35.5. The van der Waals surface area contributed by atoms with Gasteiger partial charge in [-0.3, -0.25) is 9.58 Å². The summed E-state index contributed by atoms with van der Waals surface area (Å²) in [5.74, 6) is 1.66. The molecule has 2 aromatic heterocycles. The summed E-state index contributed by atoms with van der Waals surface area (Å²) in [7, 11) is 1.92. The quantitative estimate of drug-likeness (QED) is 0.845. The fourth-order valence-corrected chi connectivity index (χ4v) is 3.94. The van der Waals surface area contributed by atoms with Gasteiger partial charge in [0.05, 0.1) is 35.0 Å². The SMILES string of the molecule is Cc1nnc([C@@]23COC[C@@H]2CN(Cc2nn(C)c(C)c2Cl)C3)o1. The highest BCUT2D eigenvalue weighted by Gasteiger charge is 2.55. The molecule has 0 saturated carbocycles. The van der Waals surface area contributed by atoms with Gasteiger partial charge in [-0.2, -0.15) is 5.10 Å². The topological polar surface area (TPSA) is 69.2 Å². The number of aryl methyl sites for hydroxylation is 2. The maximum Gasteiger partial charge on any atom is 0.226 e. The van der Waals surface area contributed by atoms with Crippen LogP contribution in [-0.4, -0.2) is 51.2 Å². The van der Waals surface area contributed by atoms with Gasteiger partial charge in [-0.1, -0.05) is 11.6 Å². The summed E-state index contributed by atoms with van der Waals surface area (Å²) >= 11 is 6.39. The van der Waals surface area contributed by atoms with Crippen molar-refractivity contribution in [1.29, 1.82) is 0 Å². The lowest BCUT2D eigenvalue weighted by Crippen LogP contribution is -2.36. The summed E-state index contributed by atoms with van der Waals surface area (Å²) in [4.78, 5) is 2.36. The van der Waals surface area contributed by atoms with Gasteiger partial charge in [0, 0.05) is 39.5 Å². The number of aromatic nitrogens is 4. The van der Waals surface area contributed by atoms with Gasteiger partial charge in [-0.05, 0) is 6.92 Å². The first kappa shape index (κ1) is 15.1. The van der Waals surface area contributed by atoms with Gasteiger partial charge in [0.15, 0.2) is 0 Å². The van der Waals surface area contributed by atoms with E-state index in [2.05, 4.69) is 20.2 Å². The Morgan fingerprint density at radius 1 is 1.35 bits per heavy atom. The summed E-state index contributed by atoms with van der Waals surface area (Å²) in [6.45, 7) is 7.64. The van der Waals surface area contributed by atoms with Crippen LogP contribution in [0.3, 0.4) is 0 Å². The highest BCUT2D eigenvalue weighted by Crippen LogP contribution is 2.43. The first-order valence-corrected chi connectivity index (χ1v) is 8.16. The van der Waals surface area contributed by atoms with Gasteiger partial charge < -0.3 is 9.15 Å². The second-order valence-corrected chi connectivity index (χ2v) is 7.01. The van der Waals surface area contributed by atoms with Gasteiger partial charge >= 0.3 is 0 Å². The Bertz CT molecular complexity index is 742. The fraction of sp³-hybridized carbons (Fsp3) is 0.667. The van der Waals surface area contributed by atoms with E-state index in [-0.39, 0.29) is 5.41 Å². The molecule has 7 nitrogen and oxygen atoms in total. The smallest absolute Gasteiger partial charge is 0.226 e. The molecule has 0 bridgehead atoms. The largest absolute Gasteiger partial charge is 0.425 e. The van der Waals surface area contributed by atoms with Crippen molar-refractivity contribution in [3.8, 4) is 0 Å². The lowest BCUT2D eigenvalue weighted by Gasteiger charge is -2.22.